The monoisotopic (exact) mass is 285 g/mol. The van der Waals surface area contributed by atoms with Crippen molar-refractivity contribution in [3.05, 3.63) is 67.3 Å². The average Bonchev–Trinajstić information content (AvgIpc) is 2.47. The molecule has 3 nitrogen and oxygen atoms in total. The number of hydrogen-bond acceptors (Lipinski definition) is 3. The van der Waals surface area contributed by atoms with Crippen LogP contribution in [-0.4, -0.2) is 19.6 Å². The van der Waals surface area contributed by atoms with E-state index in [0.717, 1.165) is 0 Å². The van der Waals surface area contributed by atoms with E-state index in [4.69, 9.17) is 0 Å². The number of nitrogens with one attached hydrogen (secondary N) is 1. The zero-order valence-corrected chi connectivity index (χ0v) is 12.5. The van der Waals surface area contributed by atoms with Crippen LogP contribution in [0.15, 0.2) is 67.3 Å². The van der Waals surface area contributed by atoms with Gasteiger partial charge in [-0.05, 0) is 43.5 Å². The molecule has 0 bridgehead atoms. The first-order valence-corrected chi connectivity index (χ1v) is 7.02. The van der Waals surface area contributed by atoms with Crippen LogP contribution in [0.4, 0.5) is 0 Å². The Hall–Kier alpha value is -2.13. The highest BCUT2D eigenvalue weighted by Gasteiger charge is 2.28. The quantitative estimate of drug-likeness (QED) is 0.642. The Kier molecular flexibility index (Phi) is 7.84. The van der Waals surface area contributed by atoms with Crippen LogP contribution in [0.25, 0.3) is 0 Å². The molecule has 1 aromatic carbocycles. The number of benzene rings is 1. The van der Waals surface area contributed by atoms with Crippen LogP contribution in [0.3, 0.4) is 0 Å². The lowest BCUT2D eigenvalue weighted by atomic mass is 9.75. The van der Waals surface area contributed by atoms with Gasteiger partial charge in [-0.2, -0.15) is 0 Å². The molecule has 0 aliphatic heterocycles. The van der Waals surface area contributed by atoms with Gasteiger partial charge in [0.25, 0.3) is 6.47 Å². The van der Waals surface area contributed by atoms with Crippen LogP contribution < -0.4 is 10.1 Å². The zero-order chi connectivity index (χ0) is 15.5. The van der Waals surface area contributed by atoms with Gasteiger partial charge in [0.15, 0.2) is 0 Å². The lowest BCUT2D eigenvalue weighted by Gasteiger charge is -2.35. The van der Waals surface area contributed by atoms with Gasteiger partial charge in [0, 0.05) is 6.04 Å². The Morgan fingerprint density at radius 1 is 1.29 bits per heavy atom. The minimum Gasteiger partial charge on any atom is -0.429 e. The fourth-order valence-electron chi connectivity index (χ4n) is 2.19. The van der Waals surface area contributed by atoms with Crippen molar-refractivity contribution in [3.8, 4) is 5.75 Å². The van der Waals surface area contributed by atoms with Gasteiger partial charge in [0.2, 0.25) is 0 Å². The van der Waals surface area contributed by atoms with Crippen molar-refractivity contribution in [2.45, 2.75) is 18.9 Å². The predicted octanol–water partition coefficient (Wildman–Crippen LogP) is 3.50. The summed E-state index contributed by atoms with van der Waals surface area (Å²) < 4.78 is 4.53. The second-order valence-electron chi connectivity index (χ2n) is 4.79. The zero-order valence-electron chi connectivity index (χ0n) is 12.5. The Morgan fingerprint density at radius 3 is 2.43 bits per heavy atom. The van der Waals surface area contributed by atoms with Crippen LogP contribution >= 0.6 is 0 Å². The summed E-state index contributed by atoms with van der Waals surface area (Å²) in [6.45, 7) is 7.90. The fraction of sp³-hybridized carbons (Fsp3) is 0.278. The molecule has 2 rings (SSSR count). The van der Waals surface area contributed by atoms with E-state index in [1.165, 1.54) is 18.4 Å². The predicted molar refractivity (Wildman–Crippen MR) is 87.2 cm³/mol. The molecular weight excluding hydrogens is 262 g/mol. The maximum Gasteiger partial charge on any atom is 0.298 e. The fourth-order valence-corrected chi connectivity index (χ4v) is 2.19. The summed E-state index contributed by atoms with van der Waals surface area (Å²) in [5, 5.41) is 3.27. The molecule has 0 heterocycles. The molecule has 1 aliphatic rings. The normalized spacial score (nSPS) is 20.3. The van der Waals surface area contributed by atoms with E-state index in [1.807, 2.05) is 25.3 Å². The van der Waals surface area contributed by atoms with Crippen LogP contribution in [0.1, 0.15) is 12.8 Å². The third-order valence-corrected chi connectivity index (χ3v) is 3.49. The highest BCUT2D eigenvalue weighted by molar-refractivity contribution is 5.44. The van der Waals surface area contributed by atoms with Crippen molar-refractivity contribution in [2.24, 2.45) is 5.92 Å². The van der Waals surface area contributed by atoms with E-state index in [9.17, 15) is 4.79 Å². The summed E-state index contributed by atoms with van der Waals surface area (Å²) >= 11 is 0. The van der Waals surface area contributed by atoms with E-state index in [-0.39, 0.29) is 0 Å². The van der Waals surface area contributed by atoms with Crippen LogP contribution in [-0.2, 0) is 4.79 Å². The molecule has 0 atom stereocenters. The van der Waals surface area contributed by atoms with Crippen LogP contribution in [0.2, 0.25) is 0 Å². The minimum absolute atomic E-state index is 0.412. The standard InChI is InChI=1S/C11H17N.C7H6O2/c1-4-6-9(5-2)10-7-11(8-10)12-3;8-6-9-7-4-2-1-3-5-7/h4-6,10-12H,1-2,7-8H2,3H3;1-6H/b9-6+;. The molecule has 0 spiro atoms. The lowest BCUT2D eigenvalue weighted by molar-refractivity contribution is -0.120. The summed E-state index contributed by atoms with van der Waals surface area (Å²) in [5.41, 5.74) is 1.33. The van der Waals surface area contributed by atoms with E-state index in [2.05, 4.69) is 29.3 Å². The van der Waals surface area contributed by atoms with Crippen molar-refractivity contribution in [1.82, 2.24) is 5.32 Å². The maximum atomic E-state index is 9.75. The Labute approximate surface area is 127 Å². The van der Waals surface area contributed by atoms with E-state index in [1.54, 1.807) is 24.3 Å². The van der Waals surface area contributed by atoms with Gasteiger partial charge in [-0.15, -0.1) is 0 Å². The second-order valence-corrected chi connectivity index (χ2v) is 4.79. The van der Waals surface area contributed by atoms with Crippen molar-refractivity contribution >= 4 is 6.47 Å². The van der Waals surface area contributed by atoms with E-state index < -0.39 is 0 Å². The lowest BCUT2D eigenvalue weighted by Crippen LogP contribution is -2.39. The molecule has 1 saturated carbocycles. The number of rotatable bonds is 6. The van der Waals surface area contributed by atoms with Gasteiger partial charge < -0.3 is 10.1 Å². The highest BCUT2D eigenvalue weighted by Crippen LogP contribution is 2.33. The summed E-state index contributed by atoms with van der Waals surface area (Å²) in [6.07, 6.45) is 8.32. The molecule has 1 N–H and O–H groups in total. The van der Waals surface area contributed by atoms with Gasteiger partial charge in [-0.3, -0.25) is 4.79 Å². The Morgan fingerprint density at radius 2 is 1.95 bits per heavy atom. The molecule has 0 unspecified atom stereocenters. The molecule has 112 valence electrons. The number of carbonyl (C=O) groups excluding carboxylic acids is 1. The smallest absolute Gasteiger partial charge is 0.298 e. The molecule has 0 saturated heterocycles. The molecule has 3 heteroatoms. The molecule has 1 aliphatic carbocycles. The van der Waals surface area contributed by atoms with Gasteiger partial charge >= 0.3 is 0 Å². The van der Waals surface area contributed by atoms with Crippen molar-refractivity contribution in [3.63, 3.8) is 0 Å². The van der Waals surface area contributed by atoms with Crippen molar-refractivity contribution in [2.75, 3.05) is 7.05 Å². The molecule has 0 amide bonds. The largest absolute Gasteiger partial charge is 0.429 e. The number of hydrogen-bond donors (Lipinski definition) is 1. The number of carbonyl (C=O) groups is 1. The molecule has 21 heavy (non-hydrogen) atoms. The molecule has 0 radical (unpaired) electrons. The van der Waals surface area contributed by atoms with Crippen molar-refractivity contribution in [1.29, 1.82) is 0 Å². The first kappa shape index (κ1) is 16.9. The first-order chi connectivity index (χ1) is 10.2. The van der Waals surface area contributed by atoms with Gasteiger partial charge in [-0.25, -0.2) is 0 Å². The first-order valence-electron chi connectivity index (χ1n) is 7.02. The molecule has 1 aromatic rings. The van der Waals surface area contributed by atoms with Gasteiger partial charge in [-0.1, -0.05) is 49.6 Å². The topological polar surface area (TPSA) is 38.3 Å². The number of para-hydroxylation sites is 1. The summed E-state index contributed by atoms with van der Waals surface area (Å²) in [6, 6.07) is 9.61. The van der Waals surface area contributed by atoms with Gasteiger partial charge in [0.1, 0.15) is 5.75 Å². The summed E-state index contributed by atoms with van der Waals surface area (Å²) in [7, 11) is 2.02. The number of allylic oxidation sites excluding steroid dienone is 4. The van der Waals surface area contributed by atoms with Gasteiger partial charge in [0.05, 0.1) is 0 Å². The summed E-state index contributed by atoms with van der Waals surface area (Å²) in [5.74, 6) is 1.28. The molecule has 1 fully saturated rings. The highest BCUT2D eigenvalue weighted by atomic mass is 16.5. The van der Waals surface area contributed by atoms with Crippen LogP contribution in [0, 0.1) is 5.92 Å². The maximum absolute atomic E-state index is 9.75. The third kappa shape index (κ3) is 5.79. The SMILES string of the molecule is C=C/C=C(\C=C)C1CC(NC)C1.O=COc1ccccc1. The minimum atomic E-state index is 0.412. The Balaban J connectivity index is 0.000000219. The number of ether oxygens (including phenoxy) is 1. The second kappa shape index (κ2) is 9.72. The third-order valence-electron chi connectivity index (χ3n) is 3.49. The summed E-state index contributed by atoms with van der Waals surface area (Å²) in [4.78, 5) is 9.75. The molecule has 0 aromatic heterocycles. The van der Waals surface area contributed by atoms with Crippen LogP contribution in [0.5, 0.6) is 5.75 Å². The van der Waals surface area contributed by atoms with Crippen molar-refractivity contribution < 1.29 is 9.53 Å². The Bertz CT molecular complexity index is 473. The van der Waals surface area contributed by atoms with E-state index in [0.29, 0.717) is 24.2 Å². The van der Waals surface area contributed by atoms with E-state index >= 15 is 0 Å². The molecular formula is C18H23NO2. The average molecular weight is 285 g/mol.